The zero-order valence-corrected chi connectivity index (χ0v) is 23.2. The van der Waals surface area contributed by atoms with Crippen LogP contribution in [0.3, 0.4) is 0 Å². The van der Waals surface area contributed by atoms with Crippen LogP contribution in [0.4, 0.5) is 0 Å². The number of hydrogen-bond acceptors (Lipinski definition) is 7. The molecule has 38 heavy (non-hydrogen) atoms. The Labute approximate surface area is 224 Å². The summed E-state index contributed by atoms with van der Waals surface area (Å²) in [6, 6.07) is 11.4. The van der Waals surface area contributed by atoms with Gasteiger partial charge < -0.3 is 28.4 Å². The average molecular weight is 521 g/mol. The third kappa shape index (κ3) is 3.83. The highest BCUT2D eigenvalue weighted by molar-refractivity contribution is 5.95. The number of ether oxygens (including phenoxy) is 6. The van der Waals surface area contributed by atoms with Gasteiger partial charge in [-0.25, -0.2) is 0 Å². The number of methoxy groups -OCH3 is 4. The van der Waals surface area contributed by atoms with Crippen LogP contribution < -0.4 is 18.9 Å². The monoisotopic (exact) mass is 520 g/mol. The predicted molar refractivity (Wildman–Crippen MR) is 145 cm³/mol. The third-order valence-corrected chi connectivity index (χ3v) is 8.44. The minimum Gasteiger partial charge on any atom is -0.497 e. The van der Waals surface area contributed by atoms with Crippen molar-refractivity contribution in [2.45, 2.75) is 57.5 Å². The molecule has 0 aromatic heterocycles. The predicted octanol–water partition coefficient (Wildman–Crippen LogP) is 5.85. The molecule has 1 aliphatic carbocycles. The Morgan fingerprint density at radius 2 is 1.29 bits per heavy atom. The van der Waals surface area contributed by atoms with E-state index in [0.29, 0.717) is 23.0 Å². The maximum atomic E-state index is 13.8. The summed E-state index contributed by atoms with van der Waals surface area (Å²) in [7, 11) is 6.53. The van der Waals surface area contributed by atoms with Crippen LogP contribution in [0.15, 0.2) is 47.5 Å². The molecule has 0 unspecified atom stereocenters. The normalized spacial score (nSPS) is 27.2. The molecule has 0 radical (unpaired) electrons. The zero-order valence-electron chi connectivity index (χ0n) is 23.2. The van der Waals surface area contributed by atoms with E-state index in [9.17, 15) is 4.79 Å². The minimum absolute atomic E-state index is 0.0494. The Hall–Kier alpha value is -3.29. The van der Waals surface area contributed by atoms with E-state index in [0.717, 1.165) is 41.5 Å². The van der Waals surface area contributed by atoms with E-state index in [1.54, 1.807) is 28.4 Å². The summed E-state index contributed by atoms with van der Waals surface area (Å²) in [6.07, 6.45) is 5.84. The molecule has 0 N–H and O–H groups in total. The van der Waals surface area contributed by atoms with Gasteiger partial charge in [-0.15, -0.1) is 0 Å². The van der Waals surface area contributed by atoms with Crippen LogP contribution >= 0.6 is 0 Å². The summed E-state index contributed by atoms with van der Waals surface area (Å²) >= 11 is 0. The fraction of sp³-hybridized carbons (Fsp3) is 0.452. The largest absolute Gasteiger partial charge is 0.497 e. The van der Waals surface area contributed by atoms with E-state index < -0.39 is 22.9 Å². The summed E-state index contributed by atoms with van der Waals surface area (Å²) < 4.78 is 35.5. The summed E-state index contributed by atoms with van der Waals surface area (Å²) in [5, 5.41) is 0. The van der Waals surface area contributed by atoms with Crippen LogP contribution in [-0.2, 0) is 14.3 Å². The number of carbonyl (C=O) groups is 1. The minimum atomic E-state index is -1.06. The second kappa shape index (κ2) is 9.47. The molecule has 2 aromatic rings. The fourth-order valence-corrected chi connectivity index (χ4v) is 5.88. The highest BCUT2D eigenvalue weighted by Crippen LogP contribution is 2.62. The van der Waals surface area contributed by atoms with Gasteiger partial charge in [-0.2, -0.15) is 0 Å². The van der Waals surface area contributed by atoms with Gasteiger partial charge in [0.25, 0.3) is 0 Å². The van der Waals surface area contributed by atoms with Crippen LogP contribution in [0.25, 0.3) is 12.2 Å². The number of benzene rings is 2. The number of rotatable bonds is 6. The van der Waals surface area contributed by atoms with Crippen molar-refractivity contribution in [3.05, 3.63) is 58.7 Å². The Morgan fingerprint density at radius 3 is 1.68 bits per heavy atom. The second-order valence-electron chi connectivity index (χ2n) is 10.7. The smallest absolute Gasteiger partial charge is 0.180 e. The van der Waals surface area contributed by atoms with Crippen molar-refractivity contribution in [2.24, 2.45) is 5.41 Å². The highest BCUT2D eigenvalue weighted by Gasteiger charge is 2.74. The molecule has 5 rings (SSSR count). The standard InChI is InChI=1S/C31H36O7/c1-29(2)27(32)28-31(38-30(29,3)37-28)21(15-19-11-13-23(33-4)17-25(19)35-6)9-8-10-22(31)16-20-12-14-24(34-5)18-26(20)36-7/h11-18,28H,8-10H2,1-7H3/b21-15+,22-16+/t28-,30-/m0/s1. The van der Waals surface area contributed by atoms with Crippen LogP contribution in [0.1, 0.15) is 51.2 Å². The lowest BCUT2D eigenvalue weighted by Crippen LogP contribution is -2.59. The first-order valence-electron chi connectivity index (χ1n) is 12.9. The molecule has 2 atom stereocenters. The third-order valence-electron chi connectivity index (χ3n) is 8.44. The highest BCUT2D eigenvalue weighted by atomic mass is 16.8. The average Bonchev–Trinajstić information content (AvgIpc) is 3.33. The van der Waals surface area contributed by atoms with Crippen molar-refractivity contribution >= 4 is 17.9 Å². The summed E-state index contributed by atoms with van der Waals surface area (Å²) in [5.74, 6) is 1.77. The van der Waals surface area contributed by atoms with Gasteiger partial charge in [0.05, 0.1) is 33.9 Å². The van der Waals surface area contributed by atoms with E-state index in [1.165, 1.54) is 0 Å². The summed E-state index contributed by atoms with van der Waals surface area (Å²) in [5.41, 5.74) is 1.94. The van der Waals surface area contributed by atoms with Crippen molar-refractivity contribution < 1.29 is 33.2 Å². The number of Topliss-reactive ketones (excluding diaryl/α,β-unsaturated/α-hetero) is 1. The molecule has 3 fully saturated rings. The van der Waals surface area contributed by atoms with Crippen molar-refractivity contribution in [3.63, 3.8) is 0 Å². The van der Waals surface area contributed by atoms with Gasteiger partial charge in [0.2, 0.25) is 0 Å². The van der Waals surface area contributed by atoms with Crippen LogP contribution in [-0.4, -0.2) is 51.7 Å². The summed E-state index contributed by atoms with van der Waals surface area (Å²) in [6.45, 7) is 5.68. The molecule has 7 heteroatoms. The van der Waals surface area contributed by atoms with Gasteiger partial charge >= 0.3 is 0 Å². The van der Waals surface area contributed by atoms with Crippen LogP contribution in [0, 0.1) is 5.41 Å². The zero-order chi connectivity index (χ0) is 27.3. The second-order valence-corrected chi connectivity index (χ2v) is 10.7. The van der Waals surface area contributed by atoms with E-state index in [4.69, 9.17) is 28.4 Å². The molecule has 2 bridgehead atoms. The fourth-order valence-electron chi connectivity index (χ4n) is 5.88. The van der Waals surface area contributed by atoms with E-state index in [2.05, 4.69) is 12.2 Å². The van der Waals surface area contributed by atoms with E-state index in [1.807, 2.05) is 57.2 Å². The van der Waals surface area contributed by atoms with Gasteiger partial charge in [-0.1, -0.05) is 0 Å². The lowest BCUT2D eigenvalue weighted by Gasteiger charge is -2.47. The van der Waals surface area contributed by atoms with Gasteiger partial charge in [0.1, 0.15) is 28.6 Å². The van der Waals surface area contributed by atoms with Crippen LogP contribution in [0.2, 0.25) is 0 Å². The summed E-state index contributed by atoms with van der Waals surface area (Å²) in [4.78, 5) is 13.8. The van der Waals surface area contributed by atoms with Crippen molar-refractivity contribution in [1.82, 2.24) is 0 Å². The molecule has 0 amide bonds. The van der Waals surface area contributed by atoms with Crippen molar-refractivity contribution in [2.75, 3.05) is 28.4 Å². The number of hydrogen-bond donors (Lipinski definition) is 0. The Bertz CT molecular complexity index is 1250. The lowest BCUT2D eigenvalue weighted by atomic mass is 9.65. The first kappa shape index (κ1) is 26.3. The first-order chi connectivity index (χ1) is 18.1. The van der Waals surface area contributed by atoms with Crippen LogP contribution in [0.5, 0.6) is 23.0 Å². The topological polar surface area (TPSA) is 72.5 Å². The van der Waals surface area contributed by atoms with Gasteiger partial charge in [0, 0.05) is 23.3 Å². The molecular weight excluding hydrogens is 484 g/mol. The maximum absolute atomic E-state index is 13.8. The van der Waals surface area contributed by atoms with Gasteiger partial charge in [-0.05, 0) is 87.6 Å². The number of ketones is 1. The quantitative estimate of drug-likeness (QED) is 0.473. The molecule has 2 saturated heterocycles. The Kier molecular flexibility index (Phi) is 6.56. The van der Waals surface area contributed by atoms with Gasteiger partial charge in [-0.3, -0.25) is 4.79 Å². The molecule has 2 aliphatic heterocycles. The molecule has 7 nitrogen and oxygen atoms in total. The number of carbonyl (C=O) groups excluding carboxylic acids is 1. The molecule has 2 aromatic carbocycles. The molecular formula is C31H36O7. The Morgan fingerprint density at radius 1 is 0.789 bits per heavy atom. The van der Waals surface area contributed by atoms with Crippen molar-refractivity contribution in [3.8, 4) is 23.0 Å². The lowest BCUT2D eigenvalue weighted by molar-refractivity contribution is -0.210. The first-order valence-corrected chi connectivity index (χ1v) is 12.9. The molecule has 202 valence electrons. The molecule has 1 spiro atoms. The molecule has 3 aliphatic rings. The number of fused-ring (bicyclic) bond motifs is 3. The van der Waals surface area contributed by atoms with E-state index in [-0.39, 0.29) is 5.78 Å². The Balaban J connectivity index is 1.70. The SMILES string of the molecule is COc1ccc(/C=C2\CCC/C(=C\c3ccc(OC)cc3OC)C23O[C@]2(C)O[C@H]3C(=O)C2(C)C)c(OC)c1. The van der Waals surface area contributed by atoms with E-state index >= 15 is 0 Å². The molecule has 1 saturated carbocycles. The maximum Gasteiger partial charge on any atom is 0.180 e. The van der Waals surface area contributed by atoms with Crippen molar-refractivity contribution in [1.29, 1.82) is 0 Å². The molecule has 2 heterocycles. The van der Waals surface area contributed by atoms with Gasteiger partial charge in [0.15, 0.2) is 17.7 Å².